The molecule has 1 atom stereocenters. The SMILES string of the molecule is CCOC(=O)CNC(C)CC1CCC1. The number of hydrogen-bond donors (Lipinski definition) is 1. The van der Waals surface area contributed by atoms with Crippen molar-refractivity contribution in [2.24, 2.45) is 5.92 Å². The van der Waals surface area contributed by atoms with Crippen LogP contribution in [0.5, 0.6) is 0 Å². The number of carbonyl (C=O) groups excluding carboxylic acids is 1. The van der Waals surface area contributed by atoms with E-state index in [4.69, 9.17) is 4.74 Å². The summed E-state index contributed by atoms with van der Waals surface area (Å²) in [6.07, 6.45) is 5.31. The van der Waals surface area contributed by atoms with Crippen molar-refractivity contribution in [3.63, 3.8) is 0 Å². The van der Waals surface area contributed by atoms with Gasteiger partial charge in [0.05, 0.1) is 13.2 Å². The summed E-state index contributed by atoms with van der Waals surface area (Å²) in [5.74, 6) is 0.743. The van der Waals surface area contributed by atoms with Crippen molar-refractivity contribution in [2.45, 2.75) is 45.6 Å². The van der Waals surface area contributed by atoms with E-state index in [9.17, 15) is 4.79 Å². The summed E-state index contributed by atoms with van der Waals surface area (Å²) in [4.78, 5) is 11.0. The van der Waals surface area contributed by atoms with Crippen LogP contribution in [0.2, 0.25) is 0 Å². The smallest absolute Gasteiger partial charge is 0.319 e. The monoisotopic (exact) mass is 199 g/mol. The van der Waals surface area contributed by atoms with Gasteiger partial charge in [-0.05, 0) is 26.2 Å². The maximum Gasteiger partial charge on any atom is 0.319 e. The van der Waals surface area contributed by atoms with Crippen LogP contribution in [0.1, 0.15) is 39.5 Å². The second-order valence-electron chi connectivity index (χ2n) is 4.12. The van der Waals surface area contributed by atoms with Crippen molar-refractivity contribution in [1.82, 2.24) is 5.32 Å². The van der Waals surface area contributed by atoms with Gasteiger partial charge in [-0.2, -0.15) is 0 Å². The molecule has 1 unspecified atom stereocenters. The highest BCUT2D eigenvalue weighted by molar-refractivity contribution is 5.71. The fourth-order valence-corrected chi connectivity index (χ4v) is 1.78. The van der Waals surface area contributed by atoms with E-state index in [0.717, 1.165) is 5.92 Å². The summed E-state index contributed by atoms with van der Waals surface area (Å²) in [6.45, 7) is 4.78. The molecule has 82 valence electrons. The predicted molar refractivity (Wildman–Crippen MR) is 56.1 cm³/mol. The molecule has 1 saturated carbocycles. The summed E-state index contributed by atoms with van der Waals surface area (Å²) in [7, 11) is 0. The Bertz CT molecular complexity index is 178. The summed E-state index contributed by atoms with van der Waals surface area (Å²) in [5.41, 5.74) is 0. The van der Waals surface area contributed by atoms with Gasteiger partial charge in [0.2, 0.25) is 0 Å². The van der Waals surface area contributed by atoms with E-state index in [0.29, 0.717) is 19.2 Å². The van der Waals surface area contributed by atoms with Gasteiger partial charge < -0.3 is 10.1 Å². The molecule has 0 aromatic carbocycles. The minimum atomic E-state index is -0.145. The lowest BCUT2D eigenvalue weighted by Crippen LogP contribution is -2.34. The first-order chi connectivity index (χ1) is 6.72. The highest BCUT2D eigenvalue weighted by atomic mass is 16.5. The fraction of sp³-hybridized carbons (Fsp3) is 0.909. The summed E-state index contributed by atoms with van der Waals surface area (Å²) in [5, 5.41) is 3.19. The summed E-state index contributed by atoms with van der Waals surface area (Å²) in [6, 6.07) is 0.435. The Morgan fingerprint density at radius 1 is 1.57 bits per heavy atom. The van der Waals surface area contributed by atoms with Crippen LogP contribution in [0.15, 0.2) is 0 Å². The normalized spacial score (nSPS) is 18.7. The molecule has 0 bridgehead atoms. The summed E-state index contributed by atoms with van der Waals surface area (Å²) < 4.78 is 4.84. The van der Waals surface area contributed by atoms with E-state index in [2.05, 4.69) is 12.2 Å². The molecule has 0 heterocycles. The zero-order valence-electron chi connectivity index (χ0n) is 9.21. The minimum absolute atomic E-state index is 0.145. The Kier molecular flexibility index (Phi) is 4.94. The van der Waals surface area contributed by atoms with E-state index in [1.807, 2.05) is 6.92 Å². The van der Waals surface area contributed by atoms with Gasteiger partial charge in [-0.1, -0.05) is 19.3 Å². The molecule has 0 aromatic heterocycles. The first-order valence-corrected chi connectivity index (χ1v) is 5.61. The van der Waals surface area contributed by atoms with Gasteiger partial charge >= 0.3 is 5.97 Å². The molecule has 0 spiro atoms. The average Bonchev–Trinajstić information content (AvgIpc) is 2.09. The molecule has 1 aliphatic carbocycles. The lowest BCUT2D eigenvalue weighted by molar-refractivity contribution is -0.142. The molecular weight excluding hydrogens is 178 g/mol. The number of nitrogens with one attached hydrogen (secondary N) is 1. The largest absolute Gasteiger partial charge is 0.465 e. The van der Waals surface area contributed by atoms with Crippen LogP contribution in [0, 0.1) is 5.92 Å². The number of esters is 1. The van der Waals surface area contributed by atoms with Gasteiger partial charge in [0.1, 0.15) is 0 Å². The van der Waals surface area contributed by atoms with Crippen molar-refractivity contribution < 1.29 is 9.53 Å². The molecule has 1 fully saturated rings. The predicted octanol–water partition coefficient (Wildman–Crippen LogP) is 1.72. The number of rotatable bonds is 6. The fourth-order valence-electron chi connectivity index (χ4n) is 1.78. The molecule has 1 N–H and O–H groups in total. The standard InChI is InChI=1S/C11H21NO2/c1-3-14-11(13)8-12-9(2)7-10-5-4-6-10/h9-10,12H,3-8H2,1-2H3. The van der Waals surface area contributed by atoms with E-state index in [1.165, 1.54) is 25.7 Å². The molecule has 0 aromatic rings. The van der Waals surface area contributed by atoms with Gasteiger partial charge in [-0.3, -0.25) is 4.79 Å². The maximum absolute atomic E-state index is 11.0. The van der Waals surface area contributed by atoms with Crippen molar-refractivity contribution in [2.75, 3.05) is 13.2 Å². The second-order valence-corrected chi connectivity index (χ2v) is 4.12. The molecule has 14 heavy (non-hydrogen) atoms. The highest BCUT2D eigenvalue weighted by Crippen LogP contribution is 2.30. The molecular formula is C11H21NO2. The molecule has 0 radical (unpaired) electrons. The average molecular weight is 199 g/mol. The Morgan fingerprint density at radius 3 is 2.79 bits per heavy atom. The molecule has 0 amide bonds. The van der Waals surface area contributed by atoms with Crippen LogP contribution in [0.25, 0.3) is 0 Å². The Hall–Kier alpha value is -0.570. The Morgan fingerprint density at radius 2 is 2.29 bits per heavy atom. The third-order valence-corrected chi connectivity index (χ3v) is 2.81. The van der Waals surface area contributed by atoms with Crippen LogP contribution in [0.3, 0.4) is 0 Å². The molecule has 3 nitrogen and oxygen atoms in total. The van der Waals surface area contributed by atoms with Crippen molar-refractivity contribution in [3.8, 4) is 0 Å². The van der Waals surface area contributed by atoms with E-state index in [1.54, 1.807) is 0 Å². The van der Waals surface area contributed by atoms with Crippen molar-refractivity contribution in [1.29, 1.82) is 0 Å². The Labute approximate surface area is 86.2 Å². The minimum Gasteiger partial charge on any atom is -0.465 e. The molecule has 1 aliphatic rings. The second kappa shape index (κ2) is 6.02. The van der Waals surface area contributed by atoms with E-state index < -0.39 is 0 Å². The van der Waals surface area contributed by atoms with Crippen molar-refractivity contribution in [3.05, 3.63) is 0 Å². The third-order valence-electron chi connectivity index (χ3n) is 2.81. The zero-order chi connectivity index (χ0) is 10.4. The zero-order valence-corrected chi connectivity index (χ0v) is 9.21. The van der Waals surface area contributed by atoms with Crippen LogP contribution >= 0.6 is 0 Å². The highest BCUT2D eigenvalue weighted by Gasteiger charge is 2.19. The lowest BCUT2D eigenvalue weighted by atomic mass is 9.81. The van der Waals surface area contributed by atoms with Gasteiger partial charge in [0, 0.05) is 6.04 Å². The first kappa shape index (κ1) is 11.5. The van der Waals surface area contributed by atoms with Gasteiger partial charge in [0.15, 0.2) is 0 Å². The van der Waals surface area contributed by atoms with Gasteiger partial charge in [-0.25, -0.2) is 0 Å². The van der Waals surface area contributed by atoms with Crippen molar-refractivity contribution >= 4 is 5.97 Å². The molecule has 1 rings (SSSR count). The topological polar surface area (TPSA) is 38.3 Å². The van der Waals surface area contributed by atoms with Gasteiger partial charge in [0.25, 0.3) is 0 Å². The Balaban J connectivity index is 2.01. The van der Waals surface area contributed by atoms with E-state index in [-0.39, 0.29) is 5.97 Å². The van der Waals surface area contributed by atoms with E-state index >= 15 is 0 Å². The molecule has 3 heteroatoms. The third kappa shape index (κ3) is 4.09. The number of hydrogen-bond acceptors (Lipinski definition) is 3. The lowest BCUT2D eigenvalue weighted by Gasteiger charge is -2.28. The molecule has 0 aliphatic heterocycles. The van der Waals surface area contributed by atoms with Crippen LogP contribution in [-0.4, -0.2) is 25.2 Å². The number of ether oxygens (including phenoxy) is 1. The maximum atomic E-state index is 11.0. The quantitative estimate of drug-likeness (QED) is 0.662. The van der Waals surface area contributed by atoms with Crippen LogP contribution in [0.4, 0.5) is 0 Å². The first-order valence-electron chi connectivity index (χ1n) is 5.61. The summed E-state index contributed by atoms with van der Waals surface area (Å²) >= 11 is 0. The van der Waals surface area contributed by atoms with Gasteiger partial charge in [-0.15, -0.1) is 0 Å². The van der Waals surface area contributed by atoms with Crippen LogP contribution in [-0.2, 0) is 9.53 Å². The van der Waals surface area contributed by atoms with Crippen LogP contribution < -0.4 is 5.32 Å². The number of carbonyl (C=O) groups is 1. The molecule has 0 saturated heterocycles.